The Kier molecular flexibility index (Phi) is 7.96. The number of allylic oxidation sites excluding steroid dienone is 2. The van der Waals surface area contributed by atoms with Crippen LogP contribution in [0.25, 0.3) is 0 Å². The van der Waals surface area contributed by atoms with Crippen LogP contribution in [0, 0.1) is 19.3 Å². The van der Waals surface area contributed by atoms with Crippen LogP contribution < -0.4 is 0 Å². The fourth-order valence-corrected chi connectivity index (χ4v) is 6.33. The van der Waals surface area contributed by atoms with Crippen molar-refractivity contribution in [3.63, 3.8) is 0 Å². The number of hydrogen-bond acceptors (Lipinski definition) is 2. The summed E-state index contributed by atoms with van der Waals surface area (Å²) >= 11 is 0. The number of aryl methyl sites for hydroxylation is 2. The molecule has 0 aromatic heterocycles. The van der Waals surface area contributed by atoms with Crippen molar-refractivity contribution in [2.45, 2.75) is 57.9 Å². The summed E-state index contributed by atoms with van der Waals surface area (Å²) in [4.78, 5) is 32.8. The molecule has 2 saturated heterocycles. The summed E-state index contributed by atoms with van der Waals surface area (Å²) in [6.07, 6.45) is 0.687. The van der Waals surface area contributed by atoms with Gasteiger partial charge in [0.2, 0.25) is 5.91 Å². The van der Waals surface area contributed by atoms with Gasteiger partial charge in [-0.2, -0.15) is 13.2 Å². The lowest BCUT2D eigenvalue weighted by atomic mass is 9.76. The third-order valence-electron chi connectivity index (χ3n) is 8.03. The van der Waals surface area contributed by atoms with E-state index >= 15 is 0 Å². The van der Waals surface area contributed by atoms with E-state index in [9.17, 15) is 22.8 Å². The summed E-state index contributed by atoms with van der Waals surface area (Å²) in [5.74, 6) is 0.0609. The highest BCUT2D eigenvalue weighted by Gasteiger charge is 2.56. The molecule has 2 aliphatic heterocycles. The van der Waals surface area contributed by atoms with E-state index in [1.165, 1.54) is 4.90 Å². The molecule has 2 heterocycles. The largest absolute Gasteiger partial charge is 0.416 e. The molecule has 0 aliphatic carbocycles. The fraction of sp³-hybridized carbons (Fsp3) is 0.419. The monoisotopic (exact) mass is 539 g/mol. The van der Waals surface area contributed by atoms with Gasteiger partial charge in [-0.25, -0.2) is 4.79 Å². The highest BCUT2D eigenvalue weighted by molar-refractivity contribution is 5.87. The lowest BCUT2D eigenvalue weighted by molar-refractivity contribution is -0.139. The summed E-state index contributed by atoms with van der Waals surface area (Å²) in [6.45, 7) is 12.1. The van der Waals surface area contributed by atoms with Gasteiger partial charge in [-0.15, -0.1) is 13.2 Å². The number of amides is 3. The highest BCUT2D eigenvalue weighted by atomic mass is 19.4. The Hall–Kier alpha value is -3.55. The molecule has 0 spiro atoms. The van der Waals surface area contributed by atoms with Crippen LogP contribution >= 0.6 is 0 Å². The van der Waals surface area contributed by atoms with Gasteiger partial charge in [-0.3, -0.25) is 4.79 Å². The quantitative estimate of drug-likeness (QED) is 0.369. The van der Waals surface area contributed by atoms with Crippen molar-refractivity contribution in [3.05, 3.63) is 95.6 Å². The van der Waals surface area contributed by atoms with Crippen molar-refractivity contribution < 1.29 is 22.8 Å². The Morgan fingerprint density at radius 3 is 2.38 bits per heavy atom. The predicted octanol–water partition coefficient (Wildman–Crippen LogP) is 6.67. The summed E-state index contributed by atoms with van der Waals surface area (Å²) in [6, 6.07) is 10.8. The van der Waals surface area contributed by atoms with Gasteiger partial charge in [0.1, 0.15) is 0 Å². The van der Waals surface area contributed by atoms with Crippen LogP contribution in [0.3, 0.4) is 0 Å². The van der Waals surface area contributed by atoms with E-state index in [0.29, 0.717) is 43.5 Å². The SMILES string of the molecule is C=CCC1(CC=C)CC2C(c3ccccc3C)N(C(=O)N(C)Cc3cc(C)cc(C(F)(F)F)c3)CCN2C1=O. The number of halogens is 3. The summed E-state index contributed by atoms with van der Waals surface area (Å²) in [5.41, 5.74) is 1.50. The average molecular weight is 540 g/mol. The molecular weight excluding hydrogens is 503 g/mol. The second-order valence-corrected chi connectivity index (χ2v) is 10.9. The molecule has 2 aromatic carbocycles. The third kappa shape index (κ3) is 5.47. The molecule has 4 rings (SSSR count). The first-order chi connectivity index (χ1) is 18.4. The summed E-state index contributed by atoms with van der Waals surface area (Å²) < 4.78 is 40.2. The Morgan fingerprint density at radius 2 is 1.77 bits per heavy atom. The fourth-order valence-electron chi connectivity index (χ4n) is 6.33. The van der Waals surface area contributed by atoms with Crippen molar-refractivity contribution >= 4 is 11.9 Å². The molecule has 0 saturated carbocycles. The summed E-state index contributed by atoms with van der Waals surface area (Å²) in [7, 11) is 1.61. The van der Waals surface area contributed by atoms with Gasteiger partial charge >= 0.3 is 12.2 Å². The zero-order valence-electron chi connectivity index (χ0n) is 22.8. The molecule has 2 fully saturated rings. The van der Waals surface area contributed by atoms with E-state index in [4.69, 9.17) is 0 Å². The van der Waals surface area contributed by atoms with Gasteiger partial charge in [0.25, 0.3) is 0 Å². The minimum Gasteiger partial charge on any atom is -0.335 e. The van der Waals surface area contributed by atoms with Gasteiger partial charge < -0.3 is 14.7 Å². The molecule has 2 unspecified atom stereocenters. The van der Waals surface area contributed by atoms with Crippen molar-refractivity contribution in [1.82, 2.24) is 14.7 Å². The van der Waals surface area contributed by atoms with Gasteiger partial charge in [-0.05, 0) is 61.9 Å². The lowest BCUT2D eigenvalue weighted by Crippen LogP contribution is -2.57. The Morgan fingerprint density at radius 1 is 1.10 bits per heavy atom. The van der Waals surface area contributed by atoms with Gasteiger partial charge in [0.05, 0.1) is 23.1 Å². The van der Waals surface area contributed by atoms with Crippen LogP contribution in [0.2, 0.25) is 0 Å². The molecule has 39 heavy (non-hydrogen) atoms. The number of benzene rings is 2. The minimum absolute atomic E-state index is 0.0325. The molecule has 0 bridgehead atoms. The van der Waals surface area contributed by atoms with E-state index in [2.05, 4.69) is 13.2 Å². The molecule has 0 N–H and O–H groups in total. The molecule has 5 nitrogen and oxygen atoms in total. The van der Waals surface area contributed by atoms with Crippen molar-refractivity contribution in [2.75, 3.05) is 20.1 Å². The Labute approximate surface area is 228 Å². The maximum atomic E-state index is 13.9. The molecule has 0 radical (unpaired) electrons. The molecule has 3 amide bonds. The van der Waals surface area contributed by atoms with Gasteiger partial charge in [0.15, 0.2) is 0 Å². The zero-order chi connectivity index (χ0) is 28.5. The van der Waals surface area contributed by atoms with E-state index in [-0.39, 0.29) is 24.5 Å². The number of nitrogens with zero attached hydrogens (tertiary/aromatic N) is 3. The van der Waals surface area contributed by atoms with E-state index in [0.717, 1.165) is 23.3 Å². The topological polar surface area (TPSA) is 43.9 Å². The number of piperazine rings is 1. The Bertz CT molecular complexity index is 1260. The zero-order valence-corrected chi connectivity index (χ0v) is 22.8. The number of fused-ring (bicyclic) bond motifs is 1. The standard InChI is InChI=1S/C31H36F3N3O2/c1-6-12-30(13-7-2)19-26-27(25-11-9-8-10-22(25)4)37(15-14-36(26)28(30)38)29(39)35(5)20-23-16-21(3)17-24(18-23)31(32,33)34/h6-11,16-18,26-27H,1-2,12-15,19-20H2,3-5H3. The Balaban J connectivity index is 1.68. The smallest absolute Gasteiger partial charge is 0.335 e. The molecule has 8 heteroatoms. The normalized spacial score (nSPS) is 20.5. The second kappa shape index (κ2) is 10.9. The van der Waals surface area contributed by atoms with Crippen LogP contribution in [0.1, 0.15) is 53.1 Å². The first-order valence-corrected chi connectivity index (χ1v) is 13.2. The first-order valence-electron chi connectivity index (χ1n) is 13.2. The van der Waals surface area contributed by atoms with Gasteiger partial charge in [0, 0.05) is 26.7 Å². The number of carbonyl (C=O) groups excluding carboxylic acids is 2. The van der Waals surface area contributed by atoms with E-state index in [1.54, 1.807) is 37.1 Å². The van der Waals surface area contributed by atoms with Crippen LogP contribution in [0.15, 0.2) is 67.8 Å². The molecular formula is C31H36F3N3O2. The van der Waals surface area contributed by atoms with Crippen molar-refractivity contribution in [3.8, 4) is 0 Å². The highest BCUT2D eigenvalue weighted by Crippen LogP contribution is 2.49. The molecule has 2 atom stereocenters. The third-order valence-corrected chi connectivity index (χ3v) is 8.03. The average Bonchev–Trinajstić information content (AvgIpc) is 3.14. The molecule has 208 valence electrons. The minimum atomic E-state index is -4.46. The van der Waals surface area contributed by atoms with Crippen molar-refractivity contribution in [1.29, 1.82) is 0 Å². The second-order valence-electron chi connectivity index (χ2n) is 10.9. The van der Waals surface area contributed by atoms with E-state index < -0.39 is 23.2 Å². The van der Waals surface area contributed by atoms with Gasteiger partial charge in [-0.1, -0.05) is 48.0 Å². The number of alkyl halides is 3. The number of hydrogen-bond donors (Lipinski definition) is 0. The lowest BCUT2D eigenvalue weighted by Gasteiger charge is -2.46. The van der Waals surface area contributed by atoms with Crippen LogP contribution in [0.5, 0.6) is 0 Å². The van der Waals surface area contributed by atoms with E-state index in [1.807, 2.05) is 36.1 Å². The maximum absolute atomic E-state index is 13.9. The van der Waals surface area contributed by atoms with Crippen molar-refractivity contribution in [2.24, 2.45) is 5.41 Å². The van der Waals surface area contributed by atoms with Crippen LogP contribution in [-0.4, -0.2) is 52.8 Å². The predicted molar refractivity (Wildman–Crippen MR) is 146 cm³/mol. The first kappa shape index (κ1) is 28.5. The maximum Gasteiger partial charge on any atom is 0.416 e. The molecule has 2 aromatic rings. The number of rotatable bonds is 7. The number of carbonyl (C=O) groups is 2. The van der Waals surface area contributed by atoms with Crippen LogP contribution in [0.4, 0.5) is 18.0 Å². The summed E-state index contributed by atoms with van der Waals surface area (Å²) in [5, 5.41) is 0. The molecule has 2 aliphatic rings. The number of urea groups is 1. The van der Waals surface area contributed by atoms with Crippen LogP contribution in [-0.2, 0) is 17.5 Å².